The molecule has 0 radical (unpaired) electrons. The first-order valence-electron chi connectivity index (χ1n) is 3.94. The van der Waals surface area contributed by atoms with Crippen molar-refractivity contribution in [3.8, 4) is 0 Å². The molecule has 70 valence electrons. The Labute approximate surface area is 74.3 Å². The van der Waals surface area contributed by atoms with Crippen molar-refractivity contribution in [2.45, 2.75) is 25.3 Å². The van der Waals surface area contributed by atoms with Crippen molar-refractivity contribution in [1.29, 1.82) is 0 Å². The molecule has 0 aromatic carbocycles. The summed E-state index contributed by atoms with van der Waals surface area (Å²) in [6, 6.07) is 0. The Bertz CT molecular complexity index is 323. The molecule has 2 rings (SSSR count). The number of hydroxylamine groups is 1. The molecule has 1 saturated heterocycles. The molecule has 6 heteroatoms. The van der Waals surface area contributed by atoms with Crippen LogP contribution in [0.5, 0.6) is 0 Å². The van der Waals surface area contributed by atoms with E-state index in [-0.39, 0.29) is 18.3 Å². The molecule has 1 fully saturated rings. The molecule has 13 heavy (non-hydrogen) atoms. The highest BCUT2D eigenvalue weighted by Crippen LogP contribution is 2.27. The summed E-state index contributed by atoms with van der Waals surface area (Å²) >= 11 is 0. The van der Waals surface area contributed by atoms with E-state index in [0.717, 1.165) is 0 Å². The fourth-order valence-electron chi connectivity index (χ4n) is 1.47. The van der Waals surface area contributed by atoms with Crippen LogP contribution in [0.25, 0.3) is 0 Å². The third kappa shape index (κ3) is 0.991. The standard InChI is InChI=1S/C7H9N3O3/c1-4-7(10-12)3-2-5(11)13-6(7)9-8-4/h10,12H,2-3H2,1H3. The average Bonchev–Trinajstić information content (AvgIpc) is 2.44. The van der Waals surface area contributed by atoms with E-state index in [1.807, 2.05) is 0 Å². The molecule has 0 spiro atoms. The predicted octanol–water partition coefficient (Wildman–Crippen LogP) is -0.171. The van der Waals surface area contributed by atoms with Gasteiger partial charge in [0.25, 0.3) is 0 Å². The van der Waals surface area contributed by atoms with Crippen LogP contribution >= 0.6 is 0 Å². The second-order valence-electron chi connectivity index (χ2n) is 3.08. The zero-order valence-corrected chi connectivity index (χ0v) is 7.07. The summed E-state index contributed by atoms with van der Waals surface area (Å²) < 4.78 is 4.85. The van der Waals surface area contributed by atoms with Crippen molar-refractivity contribution in [2.24, 2.45) is 10.2 Å². The Morgan fingerprint density at radius 3 is 3.08 bits per heavy atom. The van der Waals surface area contributed by atoms with Gasteiger partial charge in [0.2, 0.25) is 5.90 Å². The van der Waals surface area contributed by atoms with E-state index in [0.29, 0.717) is 12.1 Å². The van der Waals surface area contributed by atoms with E-state index < -0.39 is 5.54 Å². The largest absolute Gasteiger partial charge is 0.407 e. The van der Waals surface area contributed by atoms with Gasteiger partial charge in [0.1, 0.15) is 0 Å². The Morgan fingerprint density at radius 2 is 2.38 bits per heavy atom. The molecule has 2 N–H and O–H groups in total. The summed E-state index contributed by atoms with van der Waals surface area (Å²) in [6.07, 6.45) is 0.677. The third-order valence-electron chi connectivity index (χ3n) is 2.38. The van der Waals surface area contributed by atoms with Crippen molar-refractivity contribution in [1.82, 2.24) is 5.48 Å². The van der Waals surface area contributed by atoms with Crippen molar-refractivity contribution < 1.29 is 14.7 Å². The number of carbonyl (C=O) groups is 1. The number of carbonyl (C=O) groups excluding carboxylic acids is 1. The molecule has 2 aliphatic rings. The van der Waals surface area contributed by atoms with Crippen LogP contribution in [0.2, 0.25) is 0 Å². The van der Waals surface area contributed by atoms with Crippen molar-refractivity contribution in [2.75, 3.05) is 0 Å². The van der Waals surface area contributed by atoms with Crippen LogP contribution in [-0.2, 0) is 9.53 Å². The molecule has 6 nitrogen and oxygen atoms in total. The van der Waals surface area contributed by atoms with Gasteiger partial charge in [-0.1, -0.05) is 0 Å². The predicted molar refractivity (Wildman–Crippen MR) is 43.5 cm³/mol. The van der Waals surface area contributed by atoms with E-state index in [4.69, 9.17) is 9.94 Å². The van der Waals surface area contributed by atoms with Crippen LogP contribution in [0.3, 0.4) is 0 Å². The molecular weight excluding hydrogens is 174 g/mol. The molecule has 1 atom stereocenters. The summed E-state index contributed by atoms with van der Waals surface area (Å²) in [4.78, 5) is 10.9. The van der Waals surface area contributed by atoms with Gasteiger partial charge in [-0.05, 0) is 13.3 Å². The number of hydrogen-bond acceptors (Lipinski definition) is 6. The van der Waals surface area contributed by atoms with Gasteiger partial charge in [-0.3, -0.25) is 4.79 Å². The smallest absolute Gasteiger partial charge is 0.312 e. The minimum atomic E-state index is -0.867. The van der Waals surface area contributed by atoms with Gasteiger partial charge in [0.05, 0.1) is 5.71 Å². The van der Waals surface area contributed by atoms with Gasteiger partial charge in [-0.2, -0.15) is 10.6 Å². The first-order valence-corrected chi connectivity index (χ1v) is 3.94. The highest BCUT2D eigenvalue weighted by Gasteiger charge is 2.48. The van der Waals surface area contributed by atoms with Crippen molar-refractivity contribution >= 4 is 17.6 Å². The minimum Gasteiger partial charge on any atom is -0.407 e. The second kappa shape index (κ2) is 2.61. The number of esters is 1. The van der Waals surface area contributed by atoms with Crippen LogP contribution in [0.1, 0.15) is 19.8 Å². The van der Waals surface area contributed by atoms with Gasteiger partial charge in [0.15, 0.2) is 5.54 Å². The summed E-state index contributed by atoms with van der Waals surface area (Å²) in [5.74, 6) is -0.196. The van der Waals surface area contributed by atoms with E-state index in [1.165, 1.54) is 0 Å². The molecule has 0 amide bonds. The van der Waals surface area contributed by atoms with Gasteiger partial charge < -0.3 is 9.94 Å². The van der Waals surface area contributed by atoms with Crippen molar-refractivity contribution in [3.05, 3.63) is 0 Å². The second-order valence-corrected chi connectivity index (χ2v) is 3.08. The monoisotopic (exact) mass is 183 g/mol. The molecule has 1 unspecified atom stereocenters. The normalized spacial score (nSPS) is 32.0. The number of nitrogens with zero attached hydrogens (tertiary/aromatic N) is 2. The molecule has 0 aromatic rings. The zero-order chi connectivity index (χ0) is 9.47. The Balaban J connectivity index is 2.35. The fraction of sp³-hybridized carbons (Fsp3) is 0.571. The zero-order valence-electron chi connectivity index (χ0n) is 7.07. The maximum atomic E-state index is 10.9. The molecule has 0 aliphatic carbocycles. The first-order chi connectivity index (χ1) is 6.19. The van der Waals surface area contributed by atoms with Crippen LogP contribution < -0.4 is 5.48 Å². The van der Waals surface area contributed by atoms with Crippen molar-refractivity contribution in [3.63, 3.8) is 0 Å². The number of nitrogens with one attached hydrogen (secondary N) is 1. The number of rotatable bonds is 1. The van der Waals surface area contributed by atoms with E-state index in [9.17, 15) is 4.79 Å². The highest BCUT2D eigenvalue weighted by molar-refractivity contribution is 6.18. The van der Waals surface area contributed by atoms with E-state index in [1.54, 1.807) is 6.92 Å². The SMILES string of the molecule is CC1=NN=C2OC(=O)CCC12NO. The molecule has 0 bridgehead atoms. The average molecular weight is 183 g/mol. The lowest BCUT2D eigenvalue weighted by molar-refractivity contribution is -0.138. The van der Waals surface area contributed by atoms with Gasteiger partial charge in [-0.15, -0.1) is 5.10 Å². The summed E-state index contributed by atoms with van der Waals surface area (Å²) in [6.45, 7) is 1.72. The van der Waals surface area contributed by atoms with Crippen LogP contribution in [0.4, 0.5) is 0 Å². The first kappa shape index (κ1) is 8.33. The third-order valence-corrected chi connectivity index (χ3v) is 2.38. The van der Waals surface area contributed by atoms with Crippen LogP contribution in [-0.4, -0.2) is 28.3 Å². The molecule has 0 aromatic heterocycles. The number of fused-ring (bicyclic) bond motifs is 1. The summed E-state index contributed by atoms with van der Waals surface area (Å²) in [5, 5.41) is 16.4. The van der Waals surface area contributed by atoms with E-state index >= 15 is 0 Å². The molecule has 2 aliphatic heterocycles. The Hall–Kier alpha value is -1.27. The summed E-state index contributed by atoms with van der Waals surface area (Å²) in [7, 11) is 0. The lowest BCUT2D eigenvalue weighted by atomic mass is 9.88. The Kier molecular flexibility index (Phi) is 1.67. The lowest BCUT2D eigenvalue weighted by Crippen LogP contribution is -2.58. The quantitative estimate of drug-likeness (QED) is 0.436. The van der Waals surface area contributed by atoms with Gasteiger partial charge in [-0.25, -0.2) is 0 Å². The maximum Gasteiger partial charge on any atom is 0.312 e. The van der Waals surface area contributed by atoms with Gasteiger partial charge >= 0.3 is 5.97 Å². The van der Waals surface area contributed by atoms with Crippen LogP contribution in [0, 0.1) is 0 Å². The number of ether oxygens (including phenoxy) is 1. The molecular formula is C7H9N3O3. The van der Waals surface area contributed by atoms with E-state index in [2.05, 4.69) is 15.7 Å². The summed E-state index contributed by atoms with van der Waals surface area (Å²) in [5.41, 5.74) is 1.85. The van der Waals surface area contributed by atoms with Crippen LogP contribution in [0.15, 0.2) is 10.2 Å². The topological polar surface area (TPSA) is 83.3 Å². The number of hydrogen-bond donors (Lipinski definition) is 2. The van der Waals surface area contributed by atoms with Gasteiger partial charge in [0, 0.05) is 6.42 Å². The Morgan fingerprint density at radius 1 is 1.62 bits per heavy atom. The molecule has 0 saturated carbocycles. The highest BCUT2D eigenvalue weighted by atomic mass is 16.6. The molecule has 2 heterocycles. The fourth-order valence-corrected chi connectivity index (χ4v) is 1.47. The maximum absolute atomic E-state index is 10.9. The lowest BCUT2D eigenvalue weighted by Gasteiger charge is -2.31. The minimum absolute atomic E-state index is 0.142.